The highest BCUT2D eigenvalue weighted by Gasteiger charge is 2.09. The Balaban J connectivity index is 2.14. The third-order valence-corrected chi connectivity index (χ3v) is 3.28. The largest absolute Gasteiger partial charge is 0.506 e. The molecule has 0 aliphatic heterocycles. The summed E-state index contributed by atoms with van der Waals surface area (Å²) in [5.74, 6) is 0.0216. The average Bonchev–Trinajstić information content (AvgIpc) is 2.48. The molecule has 3 aromatic carbocycles. The molecule has 0 heterocycles. The summed E-state index contributed by atoms with van der Waals surface area (Å²) in [5, 5.41) is 20.4. The number of aromatic hydroxyl groups is 1. The molecular weight excluding hydrogens is 272 g/mol. The Morgan fingerprint density at radius 1 is 0.800 bits per heavy atom. The molecule has 20 heavy (non-hydrogen) atoms. The lowest BCUT2D eigenvalue weighted by molar-refractivity contribution is 0.477. The molecule has 0 aliphatic carbocycles. The van der Waals surface area contributed by atoms with Crippen LogP contribution in [0.25, 0.3) is 10.8 Å². The summed E-state index contributed by atoms with van der Waals surface area (Å²) in [7, 11) is 0. The molecule has 98 valence electrons. The third kappa shape index (κ3) is 2.36. The Bertz CT molecular complexity index is 785. The highest BCUT2D eigenvalue weighted by molar-refractivity contribution is 6.36. The van der Waals surface area contributed by atoms with Gasteiger partial charge in [-0.3, -0.25) is 0 Å². The molecule has 0 fully saturated rings. The van der Waals surface area contributed by atoms with Gasteiger partial charge in [-0.1, -0.05) is 54.1 Å². The second-order valence-electron chi connectivity index (χ2n) is 4.31. The summed E-state index contributed by atoms with van der Waals surface area (Å²) < 4.78 is 0. The zero-order chi connectivity index (χ0) is 13.9. The van der Waals surface area contributed by atoms with Crippen molar-refractivity contribution in [2.75, 3.05) is 0 Å². The Hall–Kier alpha value is -2.39. The van der Waals surface area contributed by atoms with Gasteiger partial charge in [0, 0.05) is 16.8 Å². The van der Waals surface area contributed by atoms with Crippen LogP contribution in [-0.4, -0.2) is 5.11 Å². The smallest absolute Gasteiger partial charge is 0.145 e. The van der Waals surface area contributed by atoms with Crippen molar-refractivity contribution in [1.29, 1.82) is 0 Å². The van der Waals surface area contributed by atoms with Gasteiger partial charge in [0.2, 0.25) is 0 Å². The molecule has 1 N–H and O–H groups in total. The van der Waals surface area contributed by atoms with Crippen LogP contribution in [0.2, 0.25) is 5.02 Å². The van der Waals surface area contributed by atoms with Crippen LogP contribution in [0.1, 0.15) is 0 Å². The summed E-state index contributed by atoms with van der Waals surface area (Å²) in [5.41, 5.74) is 1.15. The van der Waals surface area contributed by atoms with E-state index < -0.39 is 0 Å². The maximum Gasteiger partial charge on any atom is 0.145 e. The van der Waals surface area contributed by atoms with Crippen LogP contribution in [0.5, 0.6) is 5.75 Å². The summed E-state index contributed by atoms with van der Waals surface area (Å²) in [4.78, 5) is 0. The quantitative estimate of drug-likeness (QED) is 0.610. The molecule has 0 aliphatic rings. The predicted octanol–water partition coefficient (Wildman–Crippen LogP) is 5.61. The van der Waals surface area contributed by atoms with Crippen LogP contribution < -0.4 is 0 Å². The van der Waals surface area contributed by atoms with E-state index in [1.807, 2.05) is 54.6 Å². The Morgan fingerprint density at radius 3 is 2.20 bits per heavy atom. The number of rotatable bonds is 2. The van der Waals surface area contributed by atoms with Gasteiger partial charge in [0.15, 0.2) is 0 Å². The van der Waals surface area contributed by atoms with E-state index in [0.717, 1.165) is 16.5 Å². The average molecular weight is 283 g/mol. The van der Waals surface area contributed by atoms with E-state index in [1.165, 1.54) is 6.07 Å². The molecular formula is C16H11ClN2O. The minimum Gasteiger partial charge on any atom is -0.506 e. The van der Waals surface area contributed by atoms with Crippen molar-refractivity contribution in [2.24, 2.45) is 10.2 Å². The van der Waals surface area contributed by atoms with Crippen LogP contribution >= 0.6 is 11.6 Å². The van der Waals surface area contributed by atoms with Crippen molar-refractivity contribution < 1.29 is 5.11 Å². The monoisotopic (exact) mass is 282 g/mol. The van der Waals surface area contributed by atoms with Crippen molar-refractivity contribution in [3.05, 3.63) is 65.7 Å². The SMILES string of the molecule is Oc1cc(Cl)c2ccccc2c1N=Nc1ccccc1. The van der Waals surface area contributed by atoms with Crippen LogP contribution in [0.15, 0.2) is 70.9 Å². The standard InChI is InChI=1S/C16H11ClN2O/c17-14-10-15(20)16(13-9-5-4-8-12(13)14)19-18-11-6-2-1-3-7-11/h1-10,20H. The van der Waals surface area contributed by atoms with Crippen LogP contribution in [0.4, 0.5) is 11.4 Å². The number of halogens is 1. The highest BCUT2D eigenvalue weighted by atomic mass is 35.5. The molecule has 0 amide bonds. The number of nitrogens with zero attached hydrogens (tertiary/aromatic N) is 2. The molecule has 0 saturated carbocycles. The van der Waals surface area contributed by atoms with Crippen LogP contribution in [0.3, 0.4) is 0 Å². The first-order valence-electron chi connectivity index (χ1n) is 6.13. The fourth-order valence-corrected chi connectivity index (χ4v) is 2.28. The Labute approximate surface area is 121 Å². The van der Waals surface area contributed by atoms with Gasteiger partial charge in [0.05, 0.1) is 10.7 Å². The van der Waals surface area contributed by atoms with Gasteiger partial charge in [-0.2, -0.15) is 5.11 Å². The van der Waals surface area contributed by atoms with E-state index in [9.17, 15) is 5.11 Å². The Kier molecular flexibility index (Phi) is 3.35. The van der Waals surface area contributed by atoms with Crippen molar-refractivity contribution in [3.63, 3.8) is 0 Å². The van der Waals surface area contributed by atoms with E-state index in [4.69, 9.17) is 11.6 Å². The number of phenolic OH excluding ortho intramolecular Hbond substituents is 1. The summed E-state index contributed by atoms with van der Waals surface area (Å²) in [6.07, 6.45) is 0. The fourth-order valence-electron chi connectivity index (χ4n) is 2.01. The number of azo groups is 1. The lowest BCUT2D eigenvalue weighted by Crippen LogP contribution is -1.77. The molecule has 0 atom stereocenters. The summed E-state index contributed by atoms with van der Waals surface area (Å²) in [6, 6.07) is 18.4. The minimum atomic E-state index is 0.0216. The van der Waals surface area contributed by atoms with Crippen LogP contribution in [-0.2, 0) is 0 Å². The van der Waals surface area contributed by atoms with Crippen molar-refractivity contribution in [3.8, 4) is 5.75 Å². The maximum absolute atomic E-state index is 10.0. The normalized spacial score (nSPS) is 11.2. The topological polar surface area (TPSA) is 45.0 Å². The van der Waals surface area contributed by atoms with Crippen molar-refractivity contribution in [1.82, 2.24) is 0 Å². The number of hydrogen-bond donors (Lipinski definition) is 1. The molecule has 3 aromatic rings. The lowest BCUT2D eigenvalue weighted by atomic mass is 10.1. The third-order valence-electron chi connectivity index (χ3n) is 2.97. The fraction of sp³-hybridized carbons (Fsp3) is 0. The van der Waals surface area contributed by atoms with Crippen LogP contribution in [0, 0.1) is 0 Å². The summed E-state index contributed by atoms with van der Waals surface area (Å²) in [6.45, 7) is 0. The second-order valence-corrected chi connectivity index (χ2v) is 4.71. The molecule has 0 bridgehead atoms. The van der Waals surface area contributed by atoms with Gasteiger partial charge in [-0.05, 0) is 12.1 Å². The second kappa shape index (κ2) is 5.31. The molecule has 0 unspecified atom stereocenters. The van der Waals surface area contributed by atoms with E-state index in [0.29, 0.717) is 10.7 Å². The molecule has 0 radical (unpaired) electrons. The molecule has 4 heteroatoms. The number of phenols is 1. The van der Waals surface area contributed by atoms with Crippen molar-refractivity contribution >= 4 is 33.7 Å². The van der Waals surface area contributed by atoms with Gasteiger partial charge in [-0.25, -0.2) is 0 Å². The van der Waals surface area contributed by atoms with Gasteiger partial charge in [0.1, 0.15) is 11.4 Å². The van der Waals surface area contributed by atoms with Gasteiger partial charge in [0.25, 0.3) is 0 Å². The first kappa shape index (κ1) is 12.6. The molecule has 3 nitrogen and oxygen atoms in total. The number of benzene rings is 3. The van der Waals surface area contributed by atoms with Crippen molar-refractivity contribution in [2.45, 2.75) is 0 Å². The zero-order valence-electron chi connectivity index (χ0n) is 10.5. The van der Waals surface area contributed by atoms with E-state index >= 15 is 0 Å². The highest BCUT2D eigenvalue weighted by Crippen LogP contribution is 2.40. The molecule has 3 rings (SSSR count). The Morgan fingerprint density at radius 2 is 1.45 bits per heavy atom. The van der Waals surface area contributed by atoms with Gasteiger partial charge in [-0.15, -0.1) is 5.11 Å². The molecule has 0 spiro atoms. The summed E-state index contributed by atoms with van der Waals surface area (Å²) >= 11 is 6.12. The number of hydrogen-bond acceptors (Lipinski definition) is 3. The first-order chi connectivity index (χ1) is 9.75. The van der Waals surface area contributed by atoms with Gasteiger partial charge >= 0.3 is 0 Å². The predicted molar refractivity (Wildman–Crippen MR) is 81.2 cm³/mol. The van der Waals surface area contributed by atoms with E-state index in [-0.39, 0.29) is 5.75 Å². The molecule has 0 aromatic heterocycles. The first-order valence-corrected chi connectivity index (χ1v) is 6.50. The maximum atomic E-state index is 10.0. The molecule has 0 saturated heterocycles. The van der Waals surface area contributed by atoms with E-state index in [1.54, 1.807) is 0 Å². The van der Waals surface area contributed by atoms with E-state index in [2.05, 4.69) is 10.2 Å². The number of fused-ring (bicyclic) bond motifs is 1. The lowest BCUT2D eigenvalue weighted by Gasteiger charge is -2.05. The van der Waals surface area contributed by atoms with Gasteiger partial charge < -0.3 is 5.11 Å². The minimum absolute atomic E-state index is 0.0216. The zero-order valence-corrected chi connectivity index (χ0v) is 11.2.